The molecule has 0 atom stereocenters. The minimum atomic E-state index is -0.304. The molecule has 0 unspecified atom stereocenters. The Hall–Kier alpha value is -3.03. The lowest BCUT2D eigenvalue weighted by molar-refractivity contribution is 0.0366. The summed E-state index contributed by atoms with van der Waals surface area (Å²) in [5.74, 6) is 0.583. The van der Waals surface area contributed by atoms with Gasteiger partial charge >= 0.3 is 5.56 Å². The Kier molecular flexibility index (Phi) is 4.38. The van der Waals surface area contributed by atoms with Crippen molar-refractivity contribution >= 4 is 16.8 Å². The maximum Gasteiger partial charge on any atom is 0.301 e. The number of imidazole rings is 1. The number of aromatic nitrogens is 4. The van der Waals surface area contributed by atoms with E-state index < -0.39 is 0 Å². The molecule has 0 saturated carbocycles. The second kappa shape index (κ2) is 7.18. The topological polar surface area (TPSA) is 64.7 Å². The molecule has 7 nitrogen and oxygen atoms in total. The highest BCUT2D eigenvalue weighted by Crippen LogP contribution is 2.20. The first kappa shape index (κ1) is 17.1. The van der Waals surface area contributed by atoms with Crippen LogP contribution in [0, 0.1) is 0 Å². The second-order valence-corrected chi connectivity index (χ2v) is 6.94. The van der Waals surface area contributed by atoms with Crippen molar-refractivity contribution < 1.29 is 4.74 Å². The molecule has 1 fully saturated rings. The lowest BCUT2D eigenvalue weighted by Gasteiger charge is -2.26. The van der Waals surface area contributed by atoms with Crippen LogP contribution in [-0.2, 0) is 11.3 Å². The minimum Gasteiger partial charge on any atom is -0.379 e. The Morgan fingerprint density at radius 2 is 1.61 bits per heavy atom. The van der Waals surface area contributed by atoms with Crippen molar-refractivity contribution in [1.82, 2.24) is 24.1 Å². The highest BCUT2D eigenvalue weighted by molar-refractivity contribution is 5.80. The number of rotatable bonds is 4. The fourth-order valence-corrected chi connectivity index (χ4v) is 3.76. The lowest BCUT2D eigenvalue weighted by Crippen LogP contribution is -2.38. The van der Waals surface area contributed by atoms with Crippen LogP contribution in [0.3, 0.4) is 0 Å². The number of ether oxygens (including phenoxy) is 1. The van der Waals surface area contributed by atoms with E-state index in [1.807, 2.05) is 48.5 Å². The van der Waals surface area contributed by atoms with Gasteiger partial charge < -0.3 is 9.30 Å². The van der Waals surface area contributed by atoms with Crippen LogP contribution in [-0.4, -0.2) is 56.9 Å². The molecule has 0 spiro atoms. The maximum absolute atomic E-state index is 12.7. The van der Waals surface area contributed by atoms with Crippen LogP contribution in [0.5, 0.6) is 0 Å². The van der Waals surface area contributed by atoms with E-state index in [9.17, 15) is 4.79 Å². The van der Waals surface area contributed by atoms with Crippen LogP contribution in [0.15, 0.2) is 59.4 Å². The summed E-state index contributed by atoms with van der Waals surface area (Å²) in [6.45, 7) is 5.03. The van der Waals surface area contributed by atoms with Gasteiger partial charge in [-0.2, -0.15) is 14.6 Å². The van der Waals surface area contributed by atoms with Crippen molar-refractivity contribution in [2.45, 2.75) is 6.54 Å². The van der Waals surface area contributed by atoms with Crippen LogP contribution in [0.2, 0.25) is 0 Å². The van der Waals surface area contributed by atoms with Crippen LogP contribution in [0.1, 0.15) is 0 Å². The van der Waals surface area contributed by atoms with E-state index >= 15 is 0 Å². The number of fused-ring (bicyclic) bond motifs is 3. The quantitative estimate of drug-likeness (QED) is 0.546. The van der Waals surface area contributed by atoms with Gasteiger partial charge in [-0.05, 0) is 12.1 Å². The summed E-state index contributed by atoms with van der Waals surface area (Å²) >= 11 is 0. The van der Waals surface area contributed by atoms with Crippen LogP contribution in [0.4, 0.5) is 0 Å². The molecule has 2 aromatic carbocycles. The molecule has 7 heteroatoms. The van der Waals surface area contributed by atoms with E-state index in [-0.39, 0.29) is 5.56 Å². The van der Waals surface area contributed by atoms with Gasteiger partial charge in [0, 0.05) is 31.7 Å². The molecular weight excluding hydrogens is 354 g/mol. The first-order valence-electron chi connectivity index (χ1n) is 9.55. The molecular formula is C21H21N5O2. The molecule has 28 heavy (non-hydrogen) atoms. The van der Waals surface area contributed by atoms with E-state index in [1.54, 1.807) is 4.52 Å². The van der Waals surface area contributed by atoms with Gasteiger partial charge in [0.1, 0.15) is 0 Å². The number of benzene rings is 2. The lowest BCUT2D eigenvalue weighted by atomic mass is 10.2. The minimum absolute atomic E-state index is 0.304. The smallest absolute Gasteiger partial charge is 0.301 e. The third kappa shape index (κ3) is 2.98. The van der Waals surface area contributed by atoms with Crippen LogP contribution >= 0.6 is 0 Å². The zero-order chi connectivity index (χ0) is 18.9. The molecule has 4 aromatic rings. The Balaban J connectivity index is 1.63. The van der Waals surface area contributed by atoms with E-state index in [1.165, 1.54) is 0 Å². The largest absolute Gasteiger partial charge is 0.379 e. The molecule has 142 valence electrons. The van der Waals surface area contributed by atoms with Gasteiger partial charge in [0.15, 0.2) is 5.69 Å². The Morgan fingerprint density at radius 3 is 2.39 bits per heavy atom. The molecule has 0 N–H and O–H groups in total. The molecule has 0 radical (unpaired) electrons. The Bertz CT molecular complexity index is 1180. The summed E-state index contributed by atoms with van der Waals surface area (Å²) in [5, 5.41) is 4.68. The molecule has 0 bridgehead atoms. The standard InChI is InChI=1S/C21H21N5O2/c27-20-19(16-6-2-1-3-7-16)23-26-18-9-5-4-8-17(18)25(21(26)22-20)11-10-24-12-14-28-15-13-24/h1-9H,10-15H2. The highest BCUT2D eigenvalue weighted by Gasteiger charge is 2.17. The molecule has 0 aliphatic carbocycles. The molecule has 1 aliphatic heterocycles. The first-order valence-corrected chi connectivity index (χ1v) is 9.55. The van der Waals surface area contributed by atoms with Gasteiger partial charge in [0.25, 0.3) is 0 Å². The van der Waals surface area contributed by atoms with Gasteiger partial charge in [-0.15, -0.1) is 0 Å². The third-order valence-corrected chi connectivity index (χ3v) is 5.23. The number of hydrogen-bond acceptors (Lipinski definition) is 5. The zero-order valence-electron chi connectivity index (χ0n) is 15.5. The van der Waals surface area contributed by atoms with Gasteiger partial charge in [-0.3, -0.25) is 9.69 Å². The number of nitrogens with zero attached hydrogens (tertiary/aromatic N) is 5. The van der Waals surface area contributed by atoms with Gasteiger partial charge in [0.05, 0.1) is 24.2 Å². The Labute approximate surface area is 161 Å². The van der Waals surface area contributed by atoms with E-state index in [0.717, 1.165) is 56.0 Å². The molecule has 2 aromatic heterocycles. The SMILES string of the molecule is O=c1nc2n(CCN3CCOCC3)c3ccccc3n2nc1-c1ccccc1. The van der Waals surface area contributed by atoms with Gasteiger partial charge in [0.2, 0.25) is 5.78 Å². The zero-order valence-corrected chi connectivity index (χ0v) is 15.5. The average molecular weight is 375 g/mol. The normalized spacial score (nSPS) is 15.4. The summed E-state index contributed by atoms with van der Waals surface area (Å²) in [5.41, 5.74) is 2.82. The summed E-state index contributed by atoms with van der Waals surface area (Å²) < 4.78 is 9.31. The monoisotopic (exact) mass is 375 g/mol. The summed E-state index contributed by atoms with van der Waals surface area (Å²) in [4.78, 5) is 19.5. The van der Waals surface area contributed by atoms with Crippen molar-refractivity contribution in [3.63, 3.8) is 0 Å². The van der Waals surface area contributed by atoms with E-state index in [4.69, 9.17) is 4.74 Å². The molecule has 5 rings (SSSR count). The summed E-state index contributed by atoms with van der Waals surface area (Å²) in [6, 6.07) is 17.5. The fraction of sp³-hybridized carbons (Fsp3) is 0.286. The predicted octanol–water partition coefficient (Wildman–Crippen LogP) is 2.04. The van der Waals surface area contributed by atoms with Crippen molar-refractivity contribution in [1.29, 1.82) is 0 Å². The summed E-state index contributed by atoms with van der Waals surface area (Å²) in [6.07, 6.45) is 0. The van der Waals surface area contributed by atoms with Crippen LogP contribution in [0.25, 0.3) is 28.1 Å². The molecule has 1 saturated heterocycles. The fourth-order valence-electron chi connectivity index (χ4n) is 3.76. The van der Waals surface area contributed by atoms with Gasteiger partial charge in [-0.1, -0.05) is 42.5 Å². The molecule has 1 aliphatic rings. The number of morpholine rings is 1. The summed E-state index contributed by atoms with van der Waals surface area (Å²) in [7, 11) is 0. The van der Waals surface area contributed by atoms with Crippen molar-refractivity contribution in [3.05, 3.63) is 65.0 Å². The van der Waals surface area contributed by atoms with Crippen LogP contribution < -0.4 is 5.56 Å². The van der Waals surface area contributed by atoms with Gasteiger partial charge in [-0.25, -0.2) is 0 Å². The van der Waals surface area contributed by atoms with E-state index in [2.05, 4.69) is 25.6 Å². The third-order valence-electron chi connectivity index (χ3n) is 5.23. The maximum atomic E-state index is 12.7. The molecule has 3 heterocycles. The van der Waals surface area contributed by atoms with Crippen molar-refractivity contribution in [2.24, 2.45) is 0 Å². The highest BCUT2D eigenvalue weighted by atomic mass is 16.5. The number of para-hydroxylation sites is 2. The number of hydrogen-bond donors (Lipinski definition) is 0. The Morgan fingerprint density at radius 1 is 0.893 bits per heavy atom. The second-order valence-electron chi connectivity index (χ2n) is 6.94. The average Bonchev–Trinajstić information content (AvgIpc) is 3.05. The predicted molar refractivity (Wildman–Crippen MR) is 107 cm³/mol. The van der Waals surface area contributed by atoms with E-state index in [0.29, 0.717) is 11.5 Å². The first-order chi connectivity index (χ1) is 13.8. The molecule has 0 amide bonds. The van der Waals surface area contributed by atoms with Crippen molar-refractivity contribution in [3.8, 4) is 11.3 Å². The van der Waals surface area contributed by atoms with Crippen molar-refractivity contribution in [2.75, 3.05) is 32.8 Å².